The van der Waals surface area contributed by atoms with Crippen molar-refractivity contribution in [1.82, 2.24) is 0 Å². The van der Waals surface area contributed by atoms with E-state index in [9.17, 15) is 12.9 Å². The third-order valence-corrected chi connectivity index (χ3v) is 1.43. The SMILES string of the molecule is F[B-](F)(F)Nc1ccc(Cl)cc1. The Morgan fingerprint density at radius 1 is 1.08 bits per heavy atom. The zero-order chi connectivity index (χ0) is 9.19. The Kier molecular flexibility index (Phi) is 2.52. The van der Waals surface area contributed by atoms with Crippen LogP contribution in [0.1, 0.15) is 0 Å². The van der Waals surface area contributed by atoms with E-state index in [0.717, 1.165) is 0 Å². The van der Waals surface area contributed by atoms with Gasteiger partial charge in [0.1, 0.15) is 0 Å². The van der Waals surface area contributed by atoms with Gasteiger partial charge in [0.2, 0.25) is 0 Å². The van der Waals surface area contributed by atoms with Gasteiger partial charge in [0.05, 0.1) is 0 Å². The number of hydrogen-bond donors (Lipinski definition) is 1. The molecule has 0 fully saturated rings. The zero-order valence-corrected chi connectivity index (χ0v) is 6.65. The summed E-state index contributed by atoms with van der Waals surface area (Å²) >= 11 is 5.48. The minimum Gasteiger partial charge on any atom is -0.473 e. The summed E-state index contributed by atoms with van der Waals surface area (Å²) in [5.74, 6) is 0. The average molecular weight is 194 g/mol. The van der Waals surface area contributed by atoms with Crippen LogP contribution in [0.2, 0.25) is 5.02 Å². The lowest BCUT2D eigenvalue weighted by Crippen LogP contribution is -2.27. The molecule has 66 valence electrons. The van der Waals surface area contributed by atoms with Crippen LogP contribution in [-0.4, -0.2) is 7.11 Å². The topological polar surface area (TPSA) is 12.0 Å². The molecule has 1 rings (SSSR count). The first-order chi connectivity index (χ1) is 5.47. The molecule has 1 N–H and O–H groups in total. The van der Waals surface area contributed by atoms with Gasteiger partial charge in [-0.15, -0.1) is 0 Å². The molecule has 0 aliphatic carbocycles. The van der Waals surface area contributed by atoms with Gasteiger partial charge in [-0.2, -0.15) is 0 Å². The fourth-order valence-corrected chi connectivity index (χ4v) is 0.861. The van der Waals surface area contributed by atoms with Gasteiger partial charge >= 0.3 is 7.11 Å². The minimum atomic E-state index is -4.99. The van der Waals surface area contributed by atoms with E-state index in [1.165, 1.54) is 29.5 Å². The van der Waals surface area contributed by atoms with Crippen molar-refractivity contribution < 1.29 is 12.9 Å². The van der Waals surface area contributed by atoms with Gasteiger partial charge in [0, 0.05) is 10.7 Å². The van der Waals surface area contributed by atoms with Crippen molar-refractivity contribution in [2.75, 3.05) is 5.23 Å². The third kappa shape index (κ3) is 3.05. The molecular weight excluding hydrogens is 189 g/mol. The quantitative estimate of drug-likeness (QED) is 0.713. The van der Waals surface area contributed by atoms with E-state index in [-0.39, 0.29) is 5.69 Å². The Morgan fingerprint density at radius 3 is 2.00 bits per heavy atom. The van der Waals surface area contributed by atoms with Gasteiger partial charge in [-0.05, 0) is 24.3 Å². The predicted molar refractivity (Wildman–Crippen MR) is 44.2 cm³/mol. The van der Waals surface area contributed by atoms with E-state index < -0.39 is 7.11 Å². The minimum absolute atomic E-state index is 0.00639. The Balaban J connectivity index is 2.71. The molecule has 0 saturated carbocycles. The van der Waals surface area contributed by atoms with Gasteiger partial charge in [-0.3, -0.25) is 0 Å². The van der Waals surface area contributed by atoms with Crippen LogP contribution in [0, 0.1) is 0 Å². The number of halogens is 4. The molecule has 1 nitrogen and oxygen atoms in total. The van der Waals surface area contributed by atoms with E-state index >= 15 is 0 Å². The molecule has 0 radical (unpaired) electrons. The monoisotopic (exact) mass is 194 g/mol. The highest BCUT2D eigenvalue weighted by molar-refractivity contribution is 6.62. The lowest BCUT2D eigenvalue weighted by atomic mass is 10.1. The Hall–Kier alpha value is -0.835. The number of rotatable bonds is 2. The van der Waals surface area contributed by atoms with Crippen LogP contribution in [0.5, 0.6) is 0 Å². The molecule has 12 heavy (non-hydrogen) atoms. The first-order valence-electron chi connectivity index (χ1n) is 3.20. The van der Waals surface area contributed by atoms with Crippen molar-refractivity contribution in [2.45, 2.75) is 0 Å². The Morgan fingerprint density at radius 2 is 1.58 bits per heavy atom. The van der Waals surface area contributed by atoms with Crippen molar-refractivity contribution >= 4 is 24.4 Å². The largest absolute Gasteiger partial charge is 0.595 e. The van der Waals surface area contributed by atoms with Gasteiger partial charge in [-0.1, -0.05) is 11.6 Å². The molecule has 0 saturated heterocycles. The van der Waals surface area contributed by atoms with Gasteiger partial charge in [0.15, 0.2) is 0 Å². The van der Waals surface area contributed by atoms with Crippen molar-refractivity contribution in [1.29, 1.82) is 0 Å². The second kappa shape index (κ2) is 3.27. The number of benzene rings is 1. The lowest BCUT2D eigenvalue weighted by molar-refractivity contribution is 0.487. The summed E-state index contributed by atoms with van der Waals surface area (Å²) in [6, 6.07) is 5.34. The van der Waals surface area contributed by atoms with Crippen LogP contribution < -0.4 is 5.23 Å². The van der Waals surface area contributed by atoms with Gasteiger partial charge in [-0.25, -0.2) is 0 Å². The maximum absolute atomic E-state index is 11.8. The molecule has 0 bridgehead atoms. The van der Waals surface area contributed by atoms with Crippen molar-refractivity contribution in [3.8, 4) is 0 Å². The van der Waals surface area contributed by atoms with Crippen molar-refractivity contribution in [2.24, 2.45) is 0 Å². The van der Waals surface area contributed by atoms with Crippen LogP contribution in [0.15, 0.2) is 24.3 Å². The number of hydrogen-bond acceptors (Lipinski definition) is 1. The molecule has 0 aromatic heterocycles. The van der Waals surface area contributed by atoms with Crippen LogP contribution in [0.25, 0.3) is 0 Å². The van der Waals surface area contributed by atoms with Gasteiger partial charge < -0.3 is 18.2 Å². The van der Waals surface area contributed by atoms with Crippen LogP contribution in [0.4, 0.5) is 18.6 Å². The lowest BCUT2D eigenvalue weighted by Gasteiger charge is -2.17. The second-order valence-electron chi connectivity index (χ2n) is 2.23. The molecule has 0 aliphatic heterocycles. The van der Waals surface area contributed by atoms with E-state index in [1.54, 1.807) is 0 Å². The summed E-state index contributed by atoms with van der Waals surface area (Å²) in [5.41, 5.74) is 0.00639. The number of nitrogens with one attached hydrogen (secondary N) is 1. The van der Waals surface area contributed by atoms with E-state index in [0.29, 0.717) is 5.02 Å². The summed E-state index contributed by atoms with van der Waals surface area (Å²) in [4.78, 5) is 0. The van der Waals surface area contributed by atoms with E-state index in [2.05, 4.69) is 0 Å². The molecule has 0 aliphatic rings. The molecule has 1 aromatic carbocycles. The molecule has 0 atom stereocenters. The molecule has 6 heteroatoms. The summed E-state index contributed by atoms with van der Waals surface area (Å²) in [6.45, 7) is 0. The van der Waals surface area contributed by atoms with Crippen molar-refractivity contribution in [3.05, 3.63) is 29.3 Å². The maximum atomic E-state index is 11.8. The molecule has 1 aromatic rings. The first kappa shape index (κ1) is 9.25. The highest BCUT2D eigenvalue weighted by Crippen LogP contribution is 2.17. The molecule has 0 amide bonds. The second-order valence-corrected chi connectivity index (χ2v) is 2.66. The maximum Gasteiger partial charge on any atom is 0.595 e. The van der Waals surface area contributed by atoms with Crippen LogP contribution >= 0.6 is 11.6 Å². The Labute approximate surface area is 72.6 Å². The highest BCUT2D eigenvalue weighted by atomic mass is 35.5. The first-order valence-corrected chi connectivity index (χ1v) is 3.58. The van der Waals surface area contributed by atoms with Crippen molar-refractivity contribution in [3.63, 3.8) is 0 Å². The highest BCUT2D eigenvalue weighted by Gasteiger charge is 2.23. The fraction of sp³-hybridized carbons (Fsp3) is 0. The van der Waals surface area contributed by atoms with E-state index in [1.807, 2.05) is 0 Å². The fourth-order valence-electron chi connectivity index (χ4n) is 0.735. The number of anilines is 1. The molecular formula is C6H5BClF3N-. The smallest absolute Gasteiger partial charge is 0.473 e. The zero-order valence-electron chi connectivity index (χ0n) is 5.90. The summed E-state index contributed by atoms with van der Waals surface area (Å²) in [7, 11) is -4.99. The molecule has 0 spiro atoms. The van der Waals surface area contributed by atoms with Crippen LogP contribution in [-0.2, 0) is 0 Å². The summed E-state index contributed by atoms with van der Waals surface area (Å²) in [6.07, 6.45) is 0. The molecule has 0 heterocycles. The third-order valence-electron chi connectivity index (χ3n) is 1.17. The predicted octanol–water partition coefficient (Wildman–Crippen LogP) is 3.10. The van der Waals surface area contributed by atoms with Crippen LogP contribution in [0.3, 0.4) is 0 Å². The average Bonchev–Trinajstić information content (AvgIpc) is 1.91. The molecule has 0 unspecified atom stereocenters. The summed E-state index contributed by atoms with van der Waals surface area (Å²) < 4.78 is 35.3. The van der Waals surface area contributed by atoms with E-state index in [4.69, 9.17) is 11.6 Å². The Bertz CT molecular complexity index is 258. The summed E-state index contributed by atoms with van der Waals surface area (Å²) in [5, 5.41) is 1.82. The normalized spacial score (nSPS) is 11.3. The van der Waals surface area contributed by atoms with Gasteiger partial charge in [0.25, 0.3) is 0 Å². The standard InChI is InChI=1S/C6H5BClF3N/c8-5-1-3-6(4-2-5)12-7(9,10)11/h1-4,12H/q-1.